The largest absolute Gasteiger partial charge is 0.368 e. The van der Waals surface area contributed by atoms with Crippen LogP contribution in [-0.2, 0) is 0 Å². The molecule has 194 valence electrons. The molecule has 37 heavy (non-hydrogen) atoms. The van der Waals surface area contributed by atoms with E-state index in [2.05, 4.69) is 61.6 Å². The lowest BCUT2D eigenvalue weighted by Gasteiger charge is -2.38. The van der Waals surface area contributed by atoms with Gasteiger partial charge in [0.05, 0.1) is 11.0 Å². The number of rotatable bonds is 4. The van der Waals surface area contributed by atoms with Crippen molar-refractivity contribution in [3.8, 4) is 0 Å². The van der Waals surface area contributed by atoms with Crippen LogP contribution in [0.4, 0.5) is 11.4 Å². The zero-order valence-electron chi connectivity index (χ0n) is 21.3. The van der Waals surface area contributed by atoms with Crippen molar-refractivity contribution in [2.24, 2.45) is 0 Å². The molecule has 2 aliphatic heterocycles. The van der Waals surface area contributed by atoms with Gasteiger partial charge in [0.25, 0.3) is 0 Å². The van der Waals surface area contributed by atoms with E-state index in [-0.39, 0.29) is 0 Å². The number of pyridine rings is 2. The summed E-state index contributed by atoms with van der Waals surface area (Å²) < 4.78 is 0. The number of halogens is 2. The molecule has 2 N–H and O–H groups in total. The summed E-state index contributed by atoms with van der Waals surface area (Å²) in [7, 11) is 0. The van der Waals surface area contributed by atoms with Crippen LogP contribution in [0.5, 0.6) is 0 Å². The van der Waals surface area contributed by atoms with Gasteiger partial charge in [0, 0.05) is 96.4 Å². The molecule has 2 aromatic heterocycles. The molecule has 1 atom stereocenters. The Morgan fingerprint density at radius 3 is 2.03 bits per heavy atom. The van der Waals surface area contributed by atoms with Crippen LogP contribution >= 0.6 is 23.2 Å². The highest BCUT2D eigenvalue weighted by Crippen LogP contribution is 2.30. The Morgan fingerprint density at radius 2 is 1.38 bits per heavy atom. The lowest BCUT2D eigenvalue weighted by molar-refractivity contribution is 0.451. The molecule has 0 saturated carbocycles. The maximum Gasteiger partial charge on any atom is 0.0737 e. The van der Waals surface area contributed by atoms with E-state index in [1.54, 1.807) is 0 Å². The molecular weight excluding hydrogens is 503 g/mol. The number of piperazine rings is 2. The van der Waals surface area contributed by atoms with Crippen LogP contribution in [0.2, 0.25) is 10.0 Å². The molecule has 6 nitrogen and oxygen atoms in total. The van der Waals surface area contributed by atoms with Gasteiger partial charge in [-0.3, -0.25) is 9.97 Å². The monoisotopic (exact) mass is 536 g/mol. The number of fused-ring (bicyclic) bond motifs is 2. The minimum absolute atomic E-state index is 0.565. The fourth-order valence-electron chi connectivity index (χ4n) is 5.31. The summed E-state index contributed by atoms with van der Waals surface area (Å²) in [5.74, 6) is 0. The third-order valence-corrected chi connectivity index (χ3v) is 7.57. The number of hydrogen-bond donors (Lipinski definition) is 2. The normalized spacial score (nSPS) is 18.1. The highest BCUT2D eigenvalue weighted by atomic mass is 35.5. The molecule has 2 aliphatic rings. The average molecular weight is 538 g/mol. The Kier molecular flexibility index (Phi) is 8.62. The van der Waals surface area contributed by atoms with Crippen molar-refractivity contribution in [1.29, 1.82) is 0 Å². The summed E-state index contributed by atoms with van der Waals surface area (Å²) in [5.41, 5.74) is 4.48. The number of hydrogen-bond acceptors (Lipinski definition) is 6. The highest BCUT2D eigenvalue weighted by molar-refractivity contribution is 6.31. The third kappa shape index (κ3) is 6.10. The van der Waals surface area contributed by atoms with Gasteiger partial charge in [-0.1, -0.05) is 36.5 Å². The topological polar surface area (TPSA) is 56.3 Å². The molecule has 2 aromatic carbocycles. The highest BCUT2D eigenvalue weighted by Gasteiger charge is 2.23. The first-order valence-electron chi connectivity index (χ1n) is 13.2. The van der Waals surface area contributed by atoms with Crippen LogP contribution in [-0.4, -0.2) is 61.8 Å². The molecule has 0 aliphatic carbocycles. The molecule has 0 bridgehead atoms. The Bertz CT molecular complexity index is 1340. The van der Waals surface area contributed by atoms with E-state index >= 15 is 0 Å². The first-order chi connectivity index (χ1) is 18.1. The molecule has 2 saturated heterocycles. The van der Waals surface area contributed by atoms with Gasteiger partial charge in [-0.05, 0) is 55.0 Å². The van der Waals surface area contributed by atoms with Gasteiger partial charge in [-0.2, -0.15) is 0 Å². The molecule has 4 aromatic rings. The molecule has 0 amide bonds. The summed E-state index contributed by atoms with van der Waals surface area (Å²) in [6.07, 6.45) is 6.16. The first-order valence-corrected chi connectivity index (χ1v) is 13.9. The van der Waals surface area contributed by atoms with Crippen LogP contribution in [0.15, 0.2) is 60.9 Å². The zero-order chi connectivity index (χ0) is 25.6. The Morgan fingerprint density at radius 1 is 0.784 bits per heavy atom. The first kappa shape index (κ1) is 26.0. The van der Waals surface area contributed by atoms with Crippen molar-refractivity contribution in [3.63, 3.8) is 0 Å². The minimum Gasteiger partial charge on any atom is -0.368 e. The van der Waals surface area contributed by atoms with Gasteiger partial charge in [-0.25, -0.2) is 0 Å². The van der Waals surface area contributed by atoms with Crippen molar-refractivity contribution < 1.29 is 0 Å². The molecule has 8 heteroatoms. The van der Waals surface area contributed by atoms with E-state index in [0.717, 1.165) is 66.9 Å². The van der Waals surface area contributed by atoms with Gasteiger partial charge in [0.15, 0.2) is 0 Å². The van der Waals surface area contributed by atoms with Crippen LogP contribution in [0.1, 0.15) is 19.8 Å². The molecule has 0 spiro atoms. The fraction of sp³-hybridized carbons (Fsp3) is 0.379. The van der Waals surface area contributed by atoms with Crippen molar-refractivity contribution in [2.45, 2.75) is 25.8 Å². The van der Waals surface area contributed by atoms with Gasteiger partial charge >= 0.3 is 0 Å². The predicted octanol–water partition coefficient (Wildman–Crippen LogP) is 5.76. The fourth-order valence-corrected chi connectivity index (χ4v) is 5.65. The quantitative estimate of drug-likeness (QED) is 0.345. The van der Waals surface area contributed by atoms with Crippen LogP contribution in [0.25, 0.3) is 21.8 Å². The lowest BCUT2D eigenvalue weighted by Crippen LogP contribution is -2.51. The molecule has 1 unspecified atom stereocenters. The summed E-state index contributed by atoms with van der Waals surface area (Å²) in [6, 6.07) is 16.7. The van der Waals surface area contributed by atoms with Gasteiger partial charge in [0.1, 0.15) is 0 Å². The van der Waals surface area contributed by atoms with Crippen LogP contribution in [0, 0.1) is 0 Å². The zero-order valence-corrected chi connectivity index (χ0v) is 22.8. The summed E-state index contributed by atoms with van der Waals surface area (Å²) in [5, 5.41) is 10.7. The summed E-state index contributed by atoms with van der Waals surface area (Å²) >= 11 is 12.1. The molecule has 6 rings (SSSR count). The second-order valence-electron chi connectivity index (χ2n) is 9.56. The van der Waals surface area contributed by atoms with Crippen molar-refractivity contribution in [1.82, 2.24) is 20.6 Å². The van der Waals surface area contributed by atoms with E-state index in [9.17, 15) is 0 Å². The SMILES string of the molecule is CCCC1CNCCN1c1ccnc2cc(Cl)ccc12.Clc1ccc2c(N3CCNCC3)ccnc2c1. The molecule has 2 fully saturated rings. The van der Waals surface area contributed by atoms with E-state index in [1.165, 1.54) is 35.0 Å². The van der Waals surface area contributed by atoms with Crippen LogP contribution < -0.4 is 20.4 Å². The van der Waals surface area contributed by atoms with Gasteiger partial charge in [0.2, 0.25) is 0 Å². The second-order valence-corrected chi connectivity index (χ2v) is 10.4. The number of aromatic nitrogens is 2. The lowest BCUT2D eigenvalue weighted by atomic mass is 10.1. The van der Waals surface area contributed by atoms with E-state index in [1.807, 2.05) is 36.7 Å². The number of nitrogens with zero attached hydrogens (tertiary/aromatic N) is 4. The Labute approximate surface area is 229 Å². The third-order valence-electron chi connectivity index (χ3n) is 7.10. The molecular formula is C29H34Cl2N6. The predicted molar refractivity (Wildman–Crippen MR) is 158 cm³/mol. The Balaban J connectivity index is 0.000000153. The van der Waals surface area contributed by atoms with Gasteiger partial charge in [-0.15, -0.1) is 0 Å². The number of nitrogens with one attached hydrogen (secondary N) is 2. The smallest absolute Gasteiger partial charge is 0.0737 e. The van der Waals surface area contributed by atoms with E-state index < -0.39 is 0 Å². The molecule has 4 heterocycles. The van der Waals surface area contributed by atoms with Crippen molar-refractivity contribution in [2.75, 3.05) is 55.6 Å². The summed E-state index contributed by atoms with van der Waals surface area (Å²) in [4.78, 5) is 13.7. The standard InChI is InChI=1S/C16H20ClN3.C13H14ClN3/c1-2-3-13-11-18-8-9-20(13)16-6-7-19-15-10-12(17)4-5-14(15)16;14-10-1-2-11-12(9-10)16-4-3-13(11)17-7-5-15-6-8-17/h4-7,10,13,18H,2-3,8-9,11H2,1H3;1-4,9,15H,5-8H2. The van der Waals surface area contributed by atoms with Gasteiger partial charge < -0.3 is 20.4 Å². The molecule has 0 radical (unpaired) electrons. The van der Waals surface area contributed by atoms with Crippen molar-refractivity contribution >= 4 is 56.4 Å². The Hall–Kier alpha value is -2.64. The van der Waals surface area contributed by atoms with Crippen molar-refractivity contribution in [3.05, 3.63) is 71.0 Å². The maximum atomic E-state index is 6.07. The summed E-state index contributed by atoms with van der Waals surface area (Å²) in [6.45, 7) is 9.56. The second kappa shape index (κ2) is 12.3. The number of benzene rings is 2. The minimum atomic E-state index is 0.565. The average Bonchev–Trinajstić information content (AvgIpc) is 2.93. The van der Waals surface area contributed by atoms with Crippen LogP contribution in [0.3, 0.4) is 0 Å². The van der Waals surface area contributed by atoms with E-state index in [0.29, 0.717) is 6.04 Å². The van der Waals surface area contributed by atoms with E-state index in [4.69, 9.17) is 23.2 Å². The maximum absolute atomic E-state index is 6.07. The number of anilines is 2.